The van der Waals surface area contributed by atoms with Crippen LogP contribution in [0.4, 0.5) is 17.1 Å². The second-order valence-corrected chi connectivity index (χ2v) is 6.32. The SMILES string of the molecule is Cc1cc(Nc2cccc3c2CCCC3)c(Br)cc1N. The predicted molar refractivity (Wildman–Crippen MR) is 89.7 cm³/mol. The molecule has 3 rings (SSSR count). The van der Waals surface area contributed by atoms with Crippen LogP contribution in [-0.2, 0) is 12.8 Å². The summed E-state index contributed by atoms with van der Waals surface area (Å²) < 4.78 is 1.01. The van der Waals surface area contributed by atoms with Gasteiger partial charge >= 0.3 is 0 Å². The van der Waals surface area contributed by atoms with Gasteiger partial charge in [-0.25, -0.2) is 0 Å². The molecule has 0 unspecified atom stereocenters. The Hall–Kier alpha value is -1.48. The van der Waals surface area contributed by atoms with Crippen molar-refractivity contribution in [3.63, 3.8) is 0 Å². The fourth-order valence-electron chi connectivity index (χ4n) is 2.84. The first-order chi connectivity index (χ1) is 9.65. The summed E-state index contributed by atoms with van der Waals surface area (Å²) in [4.78, 5) is 0. The van der Waals surface area contributed by atoms with Crippen molar-refractivity contribution in [1.29, 1.82) is 0 Å². The van der Waals surface area contributed by atoms with E-state index in [4.69, 9.17) is 5.73 Å². The highest BCUT2D eigenvalue weighted by molar-refractivity contribution is 9.10. The molecule has 0 fully saturated rings. The van der Waals surface area contributed by atoms with Crippen molar-refractivity contribution in [3.05, 3.63) is 51.5 Å². The minimum Gasteiger partial charge on any atom is -0.398 e. The third-order valence-corrected chi connectivity index (χ3v) is 4.68. The lowest BCUT2D eigenvalue weighted by Crippen LogP contribution is -2.06. The van der Waals surface area contributed by atoms with Gasteiger partial charge in [0.05, 0.1) is 5.69 Å². The number of hydrogen-bond acceptors (Lipinski definition) is 2. The Balaban J connectivity index is 1.98. The predicted octanol–water partition coefficient (Wildman–Crippen LogP) is 4.96. The van der Waals surface area contributed by atoms with E-state index in [2.05, 4.69) is 45.5 Å². The second kappa shape index (κ2) is 5.49. The van der Waals surface area contributed by atoms with Crippen molar-refractivity contribution in [2.24, 2.45) is 0 Å². The number of nitrogen functional groups attached to an aromatic ring is 1. The molecule has 104 valence electrons. The van der Waals surface area contributed by atoms with Crippen molar-refractivity contribution < 1.29 is 0 Å². The summed E-state index contributed by atoms with van der Waals surface area (Å²) in [6, 6.07) is 10.6. The molecule has 0 amide bonds. The average molecular weight is 331 g/mol. The van der Waals surface area contributed by atoms with Crippen LogP contribution in [0.3, 0.4) is 0 Å². The van der Waals surface area contributed by atoms with E-state index in [1.807, 2.05) is 13.0 Å². The zero-order chi connectivity index (χ0) is 14.1. The molecule has 20 heavy (non-hydrogen) atoms. The van der Waals surface area contributed by atoms with E-state index in [-0.39, 0.29) is 0 Å². The van der Waals surface area contributed by atoms with Gasteiger partial charge < -0.3 is 11.1 Å². The molecule has 0 bridgehead atoms. The van der Waals surface area contributed by atoms with E-state index in [9.17, 15) is 0 Å². The Morgan fingerprint density at radius 3 is 2.75 bits per heavy atom. The quantitative estimate of drug-likeness (QED) is 0.763. The summed E-state index contributed by atoms with van der Waals surface area (Å²) >= 11 is 3.59. The van der Waals surface area contributed by atoms with Gasteiger partial charge in [0.1, 0.15) is 0 Å². The number of anilines is 3. The first-order valence-electron chi connectivity index (χ1n) is 7.08. The third-order valence-electron chi connectivity index (χ3n) is 4.02. The van der Waals surface area contributed by atoms with Gasteiger partial charge in [-0.3, -0.25) is 0 Å². The van der Waals surface area contributed by atoms with E-state index in [0.717, 1.165) is 21.4 Å². The van der Waals surface area contributed by atoms with Crippen molar-refractivity contribution in [1.82, 2.24) is 0 Å². The maximum Gasteiger partial charge on any atom is 0.0532 e. The Morgan fingerprint density at radius 2 is 1.90 bits per heavy atom. The van der Waals surface area contributed by atoms with Crippen LogP contribution >= 0.6 is 15.9 Å². The van der Waals surface area contributed by atoms with Crippen LogP contribution in [0.5, 0.6) is 0 Å². The zero-order valence-electron chi connectivity index (χ0n) is 11.7. The van der Waals surface area contributed by atoms with E-state index >= 15 is 0 Å². The summed E-state index contributed by atoms with van der Waals surface area (Å²) in [5.41, 5.74) is 13.1. The number of nitrogens with one attached hydrogen (secondary N) is 1. The smallest absolute Gasteiger partial charge is 0.0532 e. The van der Waals surface area contributed by atoms with Crippen LogP contribution in [0, 0.1) is 6.92 Å². The lowest BCUT2D eigenvalue weighted by Gasteiger charge is -2.21. The topological polar surface area (TPSA) is 38.0 Å². The number of aryl methyl sites for hydroxylation is 2. The Bertz CT molecular complexity index is 650. The maximum absolute atomic E-state index is 5.94. The fourth-order valence-corrected chi connectivity index (χ4v) is 3.30. The van der Waals surface area contributed by atoms with Gasteiger partial charge in [0.15, 0.2) is 0 Å². The molecule has 0 spiro atoms. The molecule has 3 N–H and O–H groups in total. The van der Waals surface area contributed by atoms with Gasteiger partial charge in [-0.1, -0.05) is 12.1 Å². The van der Waals surface area contributed by atoms with Crippen LogP contribution in [-0.4, -0.2) is 0 Å². The molecule has 0 atom stereocenters. The Morgan fingerprint density at radius 1 is 1.10 bits per heavy atom. The lowest BCUT2D eigenvalue weighted by molar-refractivity contribution is 0.687. The first-order valence-corrected chi connectivity index (χ1v) is 7.88. The number of halogens is 1. The highest BCUT2D eigenvalue weighted by Gasteiger charge is 2.13. The van der Waals surface area contributed by atoms with Crippen molar-refractivity contribution in [2.75, 3.05) is 11.1 Å². The summed E-state index contributed by atoms with van der Waals surface area (Å²) in [6.45, 7) is 2.04. The third kappa shape index (κ3) is 2.55. The van der Waals surface area contributed by atoms with Crippen LogP contribution in [0.2, 0.25) is 0 Å². The number of nitrogens with two attached hydrogens (primary N) is 1. The van der Waals surface area contributed by atoms with Crippen molar-refractivity contribution >= 4 is 33.0 Å². The Labute approximate surface area is 128 Å². The summed E-state index contributed by atoms with van der Waals surface area (Å²) in [5, 5.41) is 3.57. The van der Waals surface area contributed by atoms with Gasteiger partial charge in [0.2, 0.25) is 0 Å². The number of hydrogen-bond donors (Lipinski definition) is 2. The second-order valence-electron chi connectivity index (χ2n) is 5.46. The maximum atomic E-state index is 5.94. The molecule has 0 radical (unpaired) electrons. The normalized spacial score (nSPS) is 13.9. The molecule has 2 nitrogen and oxygen atoms in total. The largest absolute Gasteiger partial charge is 0.398 e. The van der Waals surface area contributed by atoms with Gasteiger partial charge in [-0.05, 0) is 83.4 Å². The van der Waals surface area contributed by atoms with E-state index in [0.29, 0.717) is 0 Å². The zero-order valence-corrected chi connectivity index (χ0v) is 13.3. The highest BCUT2D eigenvalue weighted by atomic mass is 79.9. The van der Waals surface area contributed by atoms with E-state index in [1.165, 1.54) is 42.5 Å². The molecular formula is C17H19BrN2. The molecule has 0 heterocycles. The molecule has 2 aromatic rings. The average Bonchev–Trinajstić information content (AvgIpc) is 2.45. The molecule has 0 aromatic heterocycles. The monoisotopic (exact) mass is 330 g/mol. The molecule has 0 saturated heterocycles. The Kier molecular flexibility index (Phi) is 3.70. The number of rotatable bonds is 2. The first kappa shape index (κ1) is 13.5. The minimum absolute atomic E-state index is 0.817. The van der Waals surface area contributed by atoms with Crippen molar-refractivity contribution in [3.8, 4) is 0 Å². The molecule has 2 aromatic carbocycles. The van der Waals surface area contributed by atoms with Crippen LogP contribution in [0.25, 0.3) is 0 Å². The summed E-state index contributed by atoms with van der Waals surface area (Å²) in [5.74, 6) is 0. The molecular weight excluding hydrogens is 312 g/mol. The van der Waals surface area contributed by atoms with Gasteiger partial charge in [0.25, 0.3) is 0 Å². The van der Waals surface area contributed by atoms with Crippen LogP contribution in [0.1, 0.15) is 29.5 Å². The van der Waals surface area contributed by atoms with E-state index < -0.39 is 0 Å². The van der Waals surface area contributed by atoms with Crippen LogP contribution < -0.4 is 11.1 Å². The molecule has 3 heteroatoms. The molecule has 0 aliphatic heterocycles. The highest BCUT2D eigenvalue weighted by Crippen LogP contribution is 2.34. The van der Waals surface area contributed by atoms with Crippen molar-refractivity contribution in [2.45, 2.75) is 32.6 Å². The molecule has 1 aliphatic rings. The van der Waals surface area contributed by atoms with E-state index in [1.54, 1.807) is 0 Å². The number of fused-ring (bicyclic) bond motifs is 1. The molecule has 1 aliphatic carbocycles. The van der Waals surface area contributed by atoms with Gasteiger partial charge in [-0.15, -0.1) is 0 Å². The van der Waals surface area contributed by atoms with Crippen LogP contribution in [0.15, 0.2) is 34.8 Å². The lowest BCUT2D eigenvalue weighted by atomic mass is 9.90. The van der Waals surface area contributed by atoms with Gasteiger partial charge in [0, 0.05) is 15.8 Å². The number of benzene rings is 2. The fraction of sp³-hybridized carbons (Fsp3) is 0.294. The van der Waals surface area contributed by atoms with Gasteiger partial charge in [-0.2, -0.15) is 0 Å². The summed E-state index contributed by atoms with van der Waals surface area (Å²) in [7, 11) is 0. The minimum atomic E-state index is 0.817. The molecule has 0 saturated carbocycles. The standard InChI is InChI=1S/C17H19BrN2/c1-11-9-17(14(18)10-15(11)19)20-16-8-4-6-12-5-2-3-7-13(12)16/h4,6,8-10,20H,2-3,5,7,19H2,1H3. The summed E-state index contributed by atoms with van der Waals surface area (Å²) in [6.07, 6.45) is 4.96.